The molecule has 1 saturated carbocycles. The first-order valence-electron chi connectivity index (χ1n) is 10.8. The van der Waals surface area contributed by atoms with E-state index in [0.29, 0.717) is 17.1 Å². The summed E-state index contributed by atoms with van der Waals surface area (Å²) in [5.41, 5.74) is 2.58. The maximum Gasteiger partial charge on any atom is 0.255 e. The molecule has 1 N–H and O–H groups in total. The number of amides is 1. The molecule has 4 rings (SSSR count). The first-order chi connectivity index (χ1) is 14.7. The summed E-state index contributed by atoms with van der Waals surface area (Å²) in [6.45, 7) is 3.04. The van der Waals surface area contributed by atoms with E-state index in [2.05, 4.69) is 16.3 Å². The second-order valence-electron chi connectivity index (χ2n) is 7.89. The Balaban J connectivity index is 1.45. The lowest BCUT2D eigenvalue weighted by molar-refractivity contribution is 0.102. The van der Waals surface area contributed by atoms with Crippen molar-refractivity contribution in [3.8, 4) is 11.5 Å². The molecule has 1 amide bonds. The molecule has 5 nitrogen and oxygen atoms in total. The number of nitrogens with zero attached hydrogens (tertiary/aromatic N) is 1. The fourth-order valence-corrected chi connectivity index (χ4v) is 5.05. The molecule has 0 radical (unpaired) electrons. The third kappa shape index (κ3) is 5.29. The molecule has 1 aliphatic heterocycles. The molecule has 2 aromatic rings. The van der Waals surface area contributed by atoms with Crippen LogP contribution in [0.3, 0.4) is 0 Å². The summed E-state index contributed by atoms with van der Waals surface area (Å²) in [5.74, 6) is 3.52. The first kappa shape index (κ1) is 21.1. The zero-order valence-corrected chi connectivity index (χ0v) is 18.4. The summed E-state index contributed by atoms with van der Waals surface area (Å²) in [5, 5.41) is 3.09. The predicted molar refractivity (Wildman–Crippen MR) is 123 cm³/mol. The molecule has 0 spiro atoms. The standard InChI is InChI=1S/C24H30N2O3S/c1-28-23-16-18(10-11-22(23)29-20-7-3-4-8-20)24(27)25-21-9-5-2-6-19(21)17-26-12-14-30-15-13-26/h2,5-6,9-11,16,20H,3-4,7-8,12-15,17H2,1H3,(H,25,27). The molecule has 1 aliphatic carbocycles. The van der Waals surface area contributed by atoms with Gasteiger partial charge in [-0.05, 0) is 55.5 Å². The summed E-state index contributed by atoms with van der Waals surface area (Å²) >= 11 is 2.00. The second kappa shape index (κ2) is 10.2. The number of para-hydroxylation sites is 1. The number of carbonyl (C=O) groups excluding carboxylic acids is 1. The Morgan fingerprint density at radius 1 is 1.10 bits per heavy atom. The highest BCUT2D eigenvalue weighted by Crippen LogP contribution is 2.32. The van der Waals surface area contributed by atoms with Crippen LogP contribution in [0.1, 0.15) is 41.6 Å². The van der Waals surface area contributed by atoms with Gasteiger partial charge in [0.15, 0.2) is 11.5 Å². The number of anilines is 1. The molecule has 2 fully saturated rings. The van der Waals surface area contributed by atoms with Crippen molar-refractivity contribution in [2.75, 3.05) is 37.0 Å². The van der Waals surface area contributed by atoms with Gasteiger partial charge in [0.2, 0.25) is 0 Å². The Kier molecular flexibility index (Phi) is 7.18. The van der Waals surface area contributed by atoms with Crippen molar-refractivity contribution >= 4 is 23.4 Å². The molecule has 6 heteroatoms. The van der Waals surface area contributed by atoms with E-state index in [-0.39, 0.29) is 12.0 Å². The van der Waals surface area contributed by atoms with Crippen LogP contribution in [0.2, 0.25) is 0 Å². The predicted octanol–water partition coefficient (Wildman–Crippen LogP) is 4.82. The summed E-state index contributed by atoms with van der Waals surface area (Å²) in [7, 11) is 1.62. The van der Waals surface area contributed by atoms with E-state index in [4.69, 9.17) is 9.47 Å². The average molecular weight is 427 g/mol. The van der Waals surface area contributed by atoms with Gasteiger partial charge in [-0.25, -0.2) is 0 Å². The number of ether oxygens (including phenoxy) is 2. The van der Waals surface area contributed by atoms with Gasteiger partial charge in [0.25, 0.3) is 5.91 Å². The molecular formula is C24H30N2O3S. The van der Waals surface area contributed by atoms with Crippen LogP contribution in [0, 0.1) is 0 Å². The lowest BCUT2D eigenvalue weighted by Crippen LogP contribution is -2.32. The summed E-state index contributed by atoms with van der Waals surface area (Å²) in [6, 6.07) is 13.5. The molecule has 0 aromatic heterocycles. The second-order valence-corrected chi connectivity index (χ2v) is 9.11. The van der Waals surface area contributed by atoms with E-state index < -0.39 is 0 Å². The van der Waals surface area contributed by atoms with Crippen LogP contribution in [-0.4, -0.2) is 48.6 Å². The minimum atomic E-state index is -0.137. The number of nitrogens with one attached hydrogen (secondary N) is 1. The molecule has 2 aliphatic rings. The smallest absolute Gasteiger partial charge is 0.255 e. The molecule has 0 atom stereocenters. The number of carbonyl (C=O) groups is 1. The van der Waals surface area contributed by atoms with Crippen molar-refractivity contribution in [1.29, 1.82) is 0 Å². The Labute approximate surface area is 183 Å². The Morgan fingerprint density at radius 3 is 2.63 bits per heavy atom. The van der Waals surface area contributed by atoms with Crippen molar-refractivity contribution in [2.45, 2.75) is 38.3 Å². The van der Waals surface area contributed by atoms with Crippen LogP contribution >= 0.6 is 11.8 Å². The van der Waals surface area contributed by atoms with E-state index in [1.807, 2.05) is 42.1 Å². The van der Waals surface area contributed by atoms with E-state index in [1.54, 1.807) is 13.2 Å². The fourth-order valence-electron chi connectivity index (χ4n) is 4.07. The lowest BCUT2D eigenvalue weighted by Gasteiger charge is -2.27. The van der Waals surface area contributed by atoms with Gasteiger partial charge >= 0.3 is 0 Å². The third-order valence-electron chi connectivity index (χ3n) is 5.78. The van der Waals surface area contributed by atoms with Crippen LogP contribution in [0.4, 0.5) is 5.69 Å². The normalized spacial score (nSPS) is 17.6. The zero-order chi connectivity index (χ0) is 20.8. The van der Waals surface area contributed by atoms with Gasteiger partial charge in [-0.2, -0.15) is 11.8 Å². The van der Waals surface area contributed by atoms with Crippen molar-refractivity contribution in [2.24, 2.45) is 0 Å². The monoisotopic (exact) mass is 426 g/mol. The number of rotatable bonds is 7. The van der Waals surface area contributed by atoms with Crippen molar-refractivity contribution < 1.29 is 14.3 Å². The highest BCUT2D eigenvalue weighted by Gasteiger charge is 2.20. The molecular weight excluding hydrogens is 396 g/mol. The maximum atomic E-state index is 13.0. The van der Waals surface area contributed by atoms with Gasteiger partial charge in [-0.15, -0.1) is 0 Å². The lowest BCUT2D eigenvalue weighted by atomic mass is 10.1. The zero-order valence-electron chi connectivity index (χ0n) is 17.6. The molecule has 2 aromatic carbocycles. The van der Waals surface area contributed by atoms with E-state index >= 15 is 0 Å². The van der Waals surface area contributed by atoms with Crippen LogP contribution < -0.4 is 14.8 Å². The van der Waals surface area contributed by atoms with Crippen LogP contribution in [0.5, 0.6) is 11.5 Å². The summed E-state index contributed by atoms with van der Waals surface area (Å²) in [6.07, 6.45) is 4.83. The molecule has 0 bridgehead atoms. The number of hydrogen-bond donors (Lipinski definition) is 1. The Hall–Kier alpha value is -2.18. The fraction of sp³-hybridized carbons (Fsp3) is 0.458. The first-order valence-corrected chi connectivity index (χ1v) is 11.9. The number of hydrogen-bond acceptors (Lipinski definition) is 5. The van der Waals surface area contributed by atoms with Gasteiger partial charge in [-0.1, -0.05) is 18.2 Å². The Morgan fingerprint density at radius 2 is 1.87 bits per heavy atom. The van der Waals surface area contributed by atoms with Crippen LogP contribution in [0.15, 0.2) is 42.5 Å². The molecule has 160 valence electrons. The minimum absolute atomic E-state index is 0.137. The Bertz CT molecular complexity index is 861. The van der Waals surface area contributed by atoms with Crippen molar-refractivity contribution in [3.63, 3.8) is 0 Å². The molecule has 0 unspecified atom stereocenters. The van der Waals surface area contributed by atoms with Gasteiger partial charge in [0.05, 0.1) is 13.2 Å². The van der Waals surface area contributed by atoms with Crippen LogP contribution in [-0.2, 0) is 6.54 Å². The third-order valence-corrected chi connectivity index (χ3v) is 6.73. The number of methoxy groups -OCH3 is 1. The van der Waals surface area contributed by atoms with Crippen LogP contribution in [0.25, 0.3) is 0 Å². The van der Waals surface area contributed by atoms with E-state index in [0.717, 1.165) is 43.7 Å². The van der Waals surface area contributed by atoms with Gasteiger partial charge < -0.3 is 14.8 Å². The maximum absolute atomic E-state index is 13.0. The van der Waals surface area contributed by atoms with E-state index in [1.165, 1.54) is 24.3 Å². The summed E-state index contributed by atoms with van der Waals surface area (Å²) in [4.78, 5) is 15.4. The summed E-state index contributed by atoms with van der Waals surface area (Å²) < 4.78 is 11.6. The van der Waals surface area contributed by atoms with Crippen molar-refractivity contribution in [1.82, 2.24) is 4.90 Å². The van der Waals surface area contributed by atoms with E-state index in [9.17, 15) is 4.79 Å². The SMILES string of the molecule is COc1cc(C(=O)Nc2ccccc2CN2CCSCC2)ccc1OC1CCCC1. The minimum Gasteiger partial charge on any atom is -0.493 e. The quantitative estimate of drug-likeness (QED) is 0.688. The van der Waals surface area contributed by atoms with Gasteiger partial charge in [0.1, 0.15) is 0 Å². The number of thioether (sulfide) groups is 1. The van der Waals surface area contributed by atoms with Gasteiger partial charge in [-0.3, -0.25) is 9.69 Å². The number of benzene rings is 2. The molecule has 30 heavy (non-hydrogen) atoms. The highest BCUT2D eigenvalue weighted by molar-refractivity contribution is 7.99. The largest absolute Gasteiger partial charge is 0.493 e. The molecule has 1 heterocycles. The van der Waals surface area contributed by atoms with Crippen molar-refractivity contribution in [3.05, 3.63) is 53.6 Å². The molecule has 1 saturated heterocycles. The van der Waals surface area contributed by atoms with Gasteiger partial charge in [0, 0.05) is 42.4 Å². The highest BCUT2D eigenvalue weighted by atomic mass is 32.2. The topological polar surface area (TPSA) is 50.8 Å². The average Bonchev–Trinajstić information content (AvgIpc) is 3.29.